The van der Waals surface area contributed by atoms with E-state index in [0.717, 1.165) is 52.1 Å². The van der Waals surface area contributed by atoms with E-state index in [0.29, 0.717) is 0 Å². The number of aryl methyl sites for hydroxylation is 1. The quantitative estimate of drug-likeness (QED) is 0.431. The number of methoxy groups -OCH3 is 1. The highest BCUT2D eigenvalue weighted by atomic mass is 79.9. The minimum atomic E-state index is 0.772. The van der Waals surface area contributed by atoms with Crippen molar-refractivity contribution in [2.24, 2.45) is 0 Å². The summed E-state index contributed by atoms with van der Waals surface area (Å²) in [5.74, 6) is 1.87. The topological polar surface area (TPSA) is 27.1 Å². The van der Waals surface area contributed by atoms with Gasteiger partial charge in [-0.05, 0) is 61.9 Å². The molecule has 0 radical (unpaired) electrons. The first kappa shape index (κ1) is 19.3. The van der Waals surface area contributed by atoms with Crippen molar-refractivity contribution in [3.05, 3.63) is 74.5 Å². The van der Waals surface area contributed by atoms with E-state index in [4.69, 9.17) is 21.9 Å². The second-order valence-corrected chi connectivity index (χ2v) is 8.43. The Kier molecular flexibility index (Phi) is 5.93. The van der Waals surface area contributed by atoms with Crippen molar-refractivity contribution in [3.63, 3.8) is 0 Å². The first-order valence-corrected chi connectivity index (χ1v) is 10.9. The Morgan fingerprint density at radius 3 is 2.46 bits per heavy atom. The van der Waals surface area contributed by atoms with Gasteiger partial charge >= 0.3 is 0 Å². The molecule has 0 saturated carbocycles. The lowest BCUT2D eigenvalue weighted by molar-refractivity contribution is 0.414. The predicted molar refractivity (Wildman–Crippen MR) is 120 cm³/mol. The van der Waals surface area contributed by atoms with Crippen molar-refractivity contribution in [2.75, 3.05) is 7.11 Å². The van der Waals surface area contributed by atoms with Crippen LogP contribution in [0.4, 0.5) is 0 Å². The van der Waals surface area contributed by atoms with E-state index < -0.39 is 0 Å². The van der Waals surface area contributed by atoms with E-state index >= 15 is 0 Å². The SMILES string of the molecule is COc1ccc(CCn2c(-c3ccc(Br)cc3)nc(=S)c3c2CCCC3)cc1. The number of nitrogens with zero attached hydrogens (tertiary/aromatic N) is 2. The first-order valence-electron chi connectivity index (χ1n) is 9.67. The van der Waals surface area contributed by atoms with Crippen LogP contribution in [0.15, 0.2) is 53.0 Å². The minimum Gasteiger partial charge on any atom is -0.497 e. The molecule has 1 aromatic heterocycles. The summed E-state index contributed by atoms with van der Waals surface area (Å²) in [5.41, 5.74) is 5.05. The van der Waals surface area contributed by atoms with Crippen LogP contribution in [0.3, 0.4) is 0 Å². The average Bonchev–Trinajstić information content (AvgIpc) is 2.74. The summed E-state index contributed by atoms with van der Waals surface area (Å²) in [6, 6.07) is 16.7. The van der Waals surface area contributed by atoms with Gasteiger partial charge in [-0.25, -0.2) is 4.98 Å². The maximum atomic E-state index is 5.67. The van der Waals surface area contributed by atoms with E-state index in [1.165, 1.54) is 29.7 Å². The zero-order valence-electron chi connectivity index (χ0n) is 16.0. The normalized spacial score (nSPS) is 13.2. The largest absolute Gasteiger partial charge is 0.497 e. The molecule has 0 amide bonds. The Bertz CT molecular complexity index is 1030. The molecule has 0 unspecified atom stereocenters. The van der Waals surface area contributed by atoms with Gasteiger partial charge in [0.2, 0.25) is 0 Å². The smallest absolute Gasteiger partial charge is 0.141 e. The van der Waals surface area contributed by atoms with Crippen molar-refractivity contribution in [3.8, 4) is 17.1 Å². The molecule has 0 fully saturated rings. The average molecular weight is 455 g/mol. The van der Waals surface area contributed by atoms with Crippen molar-refractivity contribution in [2.45, 2.75) is 38.6 Å². The van der Waals surface area contributed by atoms with E-state index in [9.17, 15) is 0 Å². The van der Waals surface area contributed by atoms with Crippen LogP contribution in [-0.2, 0) is 25.8 Å². The molecule has 4 rings (SSSR count). The molecule has 0 N–H and O–H groups in total. The fourth-order valence-electron chi connectivity index (χ4n) is 3.86. The number of benzene rings is 2. The van der Waals surface area contributed by atoms with Gasteiger partial charge < -0.3 is 9.30 Å². The third kappa shape index (κ3) is 4.06. The maximum absolute atomic E-state index is 5.67. The van der Waals surface area contributed by atoms with Gasteiger partial charge in [0, 0.05) is 27.8 Å². The van der Waals surface area contributed by atoms with Gasteiger partial charge in [-0.2, -0.15) is 0 Å². The molecule has 1 aliphatic carbocycles. The first-order chi connectivity index (χ1) is 13.7. The number of fused-ring (bicyclic) bond motifs is 1. The second kappa shape index (κ2) is 8.58. The van der Waals surface area contributed by atoms with Gasteiger partial charge in [0.25, 0.3) is 0 Å². The zero-order chi connectivity index (χ0) is 19.5. The van der Waals surface area contributed by atoms with Gasteiger partial charge in [-0.3, -0.25) is 0 Å². The molecule has 0 atom stereocenters. The summed E-state index contributed by atoms with van der Waals surface area (Å²) in [6.07, 6.45) is 5.49. The molecule has 5 heteroatoms. The van der Waals surface area contributed by atoms with Crippen LogP contribution in [0.5, 0.6) is 5.75 Å². The van der Waals surface area contributed by atoms with Crippen LogP contribution >= 0.6 is 28.1 Å². The van der Waals surface area contributed by atoms with Crippen LogP contribution in [0, 0.1) is 4.64 Å². The second-order valence-electron chi connectivity index (χ2n) is 7.13. The molecule has 0 aliphatic heterocycles. The van der Waals surface area contributed by atoms with Crippen molar-refractivity contribution < 1.29 is 4.74 Å². The van der Waals surface area contributed by atoms with Gasteiger partial charge in [-0.1, -0.05) is 52.4 Å². The number of halogens is 1. The molecule has 3 nitrogen and oxygen atoms in total. The molecule has 0 bridgehead atoms. The highest BCUT2D eigenvalue weighted by Crippen LogP contribution is 2.28. The van der Waals surface area contributed by atoms with Crippen LogP contribution < -0.4 is 4.74 Å². The Labute approximate surface area is 179 Å². The Morgan fingerprint density at radius 2 is 1.75 bits per heavy atom. The van der Waals surface area contributed by atoms with E-state index in [1.54, 1.807) is 7.11 Å². The molecule has 0 saturated heterocycles. The van der Waals surface area contributed by atoms with Gasteiger partial charge in [0.05, 0.1) is 7.11 Å². The van der Waals surface area contributed by atoms with E-state index in [1.807, 2.05) is 12.1 Å². The highest BCUT2D eigenvalue weighted by Gasteiger charge is 2.19. The van der Waals surface area contributed by atoms with Crippen molar-refractivity contribution in [1.29, 1.82) is 0 Å². The third-order valence-electron chi connectivity index (χ3n) is 5.37. The lowest BCUT2D eigenvalue weighted by atomic mass is 9.96. The summed E-state index contributed by atoms with van der Waals surface area (Å²) in [7, 11) is 1.70. The molecule has 3 aromatic rings. The summed E-state index contributed by atoms with van der Waals surface area (Å²) in [5, 5.41) is 0. The van der Waals surface area contributed by atoms with E-state index in [-0.39, 0.29) is 0 Å². The summed E-state index contributed by atoms with van der Waals surface area (Å²) < 4.78 is 9.51. The lowest BCUT2D eigenvalue weighted by Crippen LogP contribution is -2.19. The summed E-state index contributed by atoms with van der Waals surface area (Å²) in [6.45, 7) is 0.892. The van der Waals surface area contributed by atoms with Gasteiger partial charge in [-0.15, -0.1) is 0 Å². The number of aromatic nitrogens is 2. The Hall–Kier alpha value is -1.98. The van der Waals surface area contributed by atoms with Crippen LogP contribution in [-0.4, -0.2) is 16.7 Å². The highest BCUT2D eigenvalue weighted by molar-refractivity contribution is 9.10. The molecule has 2 aromatic carbocycles. The minimum absolute atomic E-state index is 0.772. The lowest BCUT2D eigenvalue weighted by Gasteiger charge is -2.24. The van der Waals surface area contributed by atoms with Crippen LogP contribution in [0.2, 0.25) is 0 Å². The van der Waals surface area contributed by atoms with Crippen LogP contribution in [0.1, 0.15) is 29.7 Å². The van der Waals surface area contributed by atoms with Gasteiger partial charge in [0.15, 0.2) is 0 Å². The van der Waals surface area contributed by atoms with Gasteiger partial charge in [0.1, 0.15) is 16.2 Å². The van der Waals surface area contributed by atoms with Crippen molar-refractivity contribution >= 4 is 28.1 Å². The fourth-order valence-corrected chi connectivity index (χ4v) is 4.43. The molecule has 144 valence electrons. The Balaban J connectivity index is 1.74. The Morgan fingerprint density at radius 1 is 1.04 bits per heavy atom. The molecule has 0 spiro atoms. The number of rotatable bonds is 5. The number of ether oxygens (including phenoxy) is 1. The molecular weight excluding hydrogens is 432 g/mol. The molecule has 28 heavy (non-hydrogen) atoms. The monoisotopic (exact) mass is 454 g/mol. The van der Waals surface area contributed by atoms with Crippen LogP contribution in [0.25, 0.3) is 11.4 Å². The summed E-state index contributed by atoms with van der Waals surface area (Å²) >= 11 is 9.20. The number of hydrogen-bond donors (Lipinski definition) is 0. The fraction of sp³-hybridized carbons (Fsp3) is 0.304. The molecular formula is C23H23BrN2OS. The molecule has 1 aliphatic rings. The van der Waals surface area contributed by atoms with Crippen molar-refractivity contribution in [1.82, 2.24) is 9.55 Å². The van der Waals surface area contributed by atoms with E-state index in [2.05, 4.69) is 56.9 Å². The molecule has 1 heterocycles. The number of hydrogen-bond acceptors (Lipinski definition) is 3. The maximum Gasteiger partial charge on any atom is 0.141 e. The predicted octanol–water partition coefficient (Wildman–Crippen LogP) is 6.17. The summed E-state index contributed by atoms with van der Waals surface area (Å²) in [4.78, 5) is 4.87. The third-order valence-corrected chi connectivity index (χ3v) is 6.24. The zero-order valence-corrected chi connectivity index (χ0v) is 18.4. The standard InChI is InChI=1S/C23H23BrN2OS/c1-27-19-12-6-16(7-13-19)14-15-26-21-5-3-2-4-20(21)23(28)25-22(26)17-8-10-18(24)11-9-17/h6-13H,2-5,14-15H2,1H3.